The third-order valence-corrected chi connectivity index (χ3v) is 10.3. The summed E-state index contributed by atoms with van der Waals surface area (Å²) in [7, 11) is 0.210. The number of hydrogen-bond donors (Lipinski definition) is 3. The summed E-state index contributed by atoms with van der Waals surface area (Å²) >= 11 is 0. The third kappa shape index (κ3) is 6.85. The summed E-state index contributed by atoms with van der Waals surface area (Å²) in [5.74, 6) is -2.20. The molecule has 0 spiro atoms. The van der Waals surface area contributed by atoms with Crippen molar-refractivity contribution >= 4 is 40.0 Å². The molecule has 3 aromatic rings. The average Bonchev–Trinajstić information content (AvgIpc) is 3.44. The van der Waals surface area contributed by atoms with Gasteiger partial charge >= 0.3 is 0 Å². The number of nitrogens with zero attached hydrogens (tertiary/aromatic N) is 4. The maximum atomic E-state index is 13.9. The molecule has 1 unspecified atom stereocenters. The van der Waals surface area contributed by atoms with Gasteiger partial charge in [-0.1, -0.05) is 13.8 Å². The smallest absolute Gasteiger partial charge is 0.258 e. The first-order chi connectivity index (χ1) is 22.0. The highest BCUT2D eigenvalue weighted by molar-refractivity contribution is 7.82. The van der Waals surface area contributed by atoms with Gasteiger partial charge in [-0.25, -0.2) is 17.3 Å². The lowest BCUT2D eigenvalue weighted by Gasteiger charge is -2.36. The van der Waals surface area contributed by atoms with Crippen molar-refractivity contribution in [2.75, 3.05) is 68.5 Å². The minimum Gasteiger partial charge on any atom is -0.381 e. The average molecular weight is 656 g/mol. The number of hydrogen-bond acceptors (Lipinski definition) is 7. The van der Waals surface area contributed by atoms with Gasteiger partial charge < -0.3 is 25.2 Å². The number of carbonyl (C=O) groups is 2. The molecule has 3 N–H and O–H groups in total. The quantitative estimate of drug-likeness (QED) is 0.353. The van der Waals surface area contributed by atoms with Crippen LogP contribution in [0.3, 0.4) is 0 Å². The van der Waals surface area contributed by atoms with Crippen molar-refractivity contribution in [3.63, 3.8) is 0 Å². The van der Waals surface area contributed by atoms with Crippen LogP contribution in [0, 0.1) is 17.6 Å². The zero-order valence-electron chi connectivity index (χ0n) is 26.2. The number of amides is 2. The molecule has 3 aliphatic heterocycles. The molecule has 2 fully saturated rings. The second-order valence-corrected chi connectivity index (χ2v) is 14.3. The number of rotatable bonds is 7. The van der Waals surface area contributed by atoms with Crippen LogP contribution in [-0.2, 0) is 32.5 Å². The molecule has 3 aliphatic rings. The fraction of sp³-hybridized carbons (Fsp3) is 0.469. The largest absolute Gasteiger partial charge is 0.381 e. The lowest BCUT2D eigenvalue weighted by molar-refractivity contribution is -0.122. The second kappa shape index (κ2) is 13.2. The molecule has 6 rings (SSSR count). The van der Waals surface area contributed by atoms with Gasteiger partial charge in [0.15, 0.2) is 5.82 Å². The van der Waals surface area contributed by atoms with E-state index in [9.17, 15) is 22.6 Å². The van der Waals surface area contributed by atoms with E-state index in [1.54, 1.807) is 10.4 Å². The van der Waals surface area contributed by atoms with Crippen molar-refractivity contribution in [2.45, 2.75) is 43.5 Å². The fourth-order valence-electron chi connectivity index (χ4n) is 6.29. The summed E-state index contributed by atoms with van der Waals surface area (Å²) in [6, 6.07) is 8.30. The van der Waals surface area contributed by atoms with Crippen molar-refractivity contribution in [1.29, 1.82) is 0 Å². The Morgan fingerprint density at radius 1 is 1.02 bits per heavy atom. The Hall–Kier alpha value is -3.72. The SMILES string of the molecule is CN1CCN(c2ccc(C(=O)Nc3n[nH]c4c3CN(S(=O)c3cc(F)cc(F)c3)CC4(C)C)c(NC(=O)C3CCOCC3)c2)CC1. The molecule has 2 aromatic carbocycles. The number of aromatic nitrogens is 2. The molecule has 2 saturated heterocycles. The van der Waals surface area contributed by atoms with Crippen LogP contribution in [0.5, 0.6) is 0 Å². The number of H-pyrrole nitrogens is 1. The Labute approximate surface area is 269 Å². The van der Waals surface area contributed by atoms with Gasteiger partial charge in [0.25, 0.3) is 5.91 Å². The zero-order valence-corrected chi connectivity index (χ0v) is 27.0. The highest BCUT2D eigenvalue weighted by Gasteiger charge is 2.38. The molecule has 246 valence electrons. The minimum absolute atomic E-state index is 0.0104. The molecule has 46 heavy (non-hydrogen) atoms. The molecule has 0 aliphatic carbocycles. The van der Waals surface area contributed by atoms with Crippen LogP contribution in [0.2, 0.25) is 0 Å². The van der Waals surface area contributed by atoms with E-state index in [1.807, 2.05) is 26.0 Å². The molecule has 2 amide bonds. The van der Waals surface area contributed by atoms with Crippen molar-refractivity contribution in [3.05, 3.63) is 64.9 Å². The Kier molecular flexibility index (Phi) is 9.24. The molecule has 0 saturated carbocycles. The molecule has 11 nitrogen and oxygen atoms in total. The number of nitrogens with one attached hydrogen (secondary N) is 3. The zero-order chi connectivity index (χ0) is 32.6. The number of halogens is 2. The lowest BCUT2D eigenvalue weighted by Crippen LogP contribution is -2.44. The highest BCUT2D eigenvalue weighted by atomic mass is 32.2. The van der Waals surface area contributed by atoms with Crippen molar-refractivity contribution < 1.29 is 27.3 Å². The van der Waals surface area contributed by atoms with Crippen LogP contribution in [0.25, 0.3) is 0 Å². The maximum absolute atomic E-state index is 13.9. The van der Waals surface area contributed by atoms with Gasteiger partial charge in [0.05, 0.1) is 16.1 Å². The summed E-state index contributed by atoms with van der Waals surface area (Å²) in [6.45, 7) is 8.80. The third-order valence-electron chi connectivity index (χ3n) is 8.92. The monoisotopic (exact) mass is 655 g/mol. The fourth-order valence-corrected chi connectivity index (χ4v) is 7.71. The number of benzene rings is 2. The number of likely N-dealkylation sites (N-methyl/N-ethyl adjacent to an activating group) is 1. The van der Waals surface area contributed by atoms with Gasteiger partial charge in [-0.05, 0) is 50.2 Å². The van der Waals surface area contributed by atoms with Crippen LogP contribution in [0.1, 0.15) is 48.3 Å². The molecule has 1 aromatic heterocycles. The lowest BCUT2D eigenvalue weighted by atomic mass is 9.84. The summed E-state index contributed by atoms with van der Waals surface area (Å²) in [6.07, 6.45) is 1.22. The minimum atomic E-state index is -1.87. The van der Waals surface area contributed by atoms with Crippen LogP contribution in [0.4, 0.5) is 26.0 Å². The van der Waals surface area contributed by atoms with E-state index < -0.39 is 33.9 Å². The Morgan fingerprint density at radius 3 is 2.41 bits per heavy atom. The van der Waals surface area contributed by atoms with Gasteiger partial charge in [0, 0.05) is 86.8 Å². The standard InChI is InChI=1S/C32H39F2N7O4S/c1-32(2)19-41(46(44)24-15-21(33)14-22(34)16-24)18-26-28(32)37-38-29(26)36-31(43)25-5-4-23(40-10-8-39(3)9-11-40)17-27(25)35-30(42)20-6-12-45-13-7-20/h4-5,14-17,20H,6-13,18-19H2,1-3H3,(H,35,42)(H2,36,37,38,43). The maximum Gasteiger partial charge on any atom is 0.258 e. The molecule has 0 bridgehead atoms. The number of anilines is 3. The molecule has 1 atom stereocenters. The van der Waals surface area contributed by atoms with E-state index in [0.29, 0.717) is 43.9 Å². The second-order valence-electron chi connectivity index (χ2n) is 12.8. The summed E-state index contributed by atoms with van der Waals surface area (Å²) in [5, 5.41) is 13.4. The Bertz CT molecular complexity index is 1630. The van der Waals surface area contributed by atoms with Gasteiger partial charge in [-0.2, -0.15) is 5.10 Å². The van der Waals surface area contributed by atoms with Crippen molar-refractivity contribution in [2.24, 2.45) is 5.92 Å². The Balaban J connectivity index is 1.27. The van der Waals surface area contributed by atoms with Gasteiger partial charge in [-0.3, -0.25) is 14.7 Å². The summed E-state index contributed by atoms with van der Waals surface area (Å²) in [5.41, 5.74) is 2.42. The first-order valence-corrected chi connectivity index (χ1v) is 16.6. The predicted molar refractivity (Wildman–Crippen MR) is 171 cm³/mol. The van der Waals surface area contributed by atoms with E-state index in [4.69, 9.17) is 4.74 Å². The molecule has 0 radical (unpaired) electrons. The normalized spacial score (nSPS) is 19.8. The van der Waals surface area contributed by atoms with E-state index in [1.165, 1.54) is 0 Å². The number of ether oxygens (including phenoxy) is 1. The van der Waals surface area contributed by atoms with Gasteiger partial charge in [-0.15, -0.1) is 0 Å². The van der Waals surface area contributed by atoms with Gasteiger partial charge in [0.2, 0.25) is 5.91 Å². The molecular weight excluding hydrogens is 616 g/mol. The van der Waals surface area contributed by atoms with E-state index in [0.717, 1.165) is 55.8 Å². The first-order valence-electron chi connectivity index (χ1n) is 15.5. The highest BCUT2D eigenvalue weighted by Crippen LogP contribution is 2.37. The number of carbonyl (C=O) groups excluding carboxylic acids is 2. The summed E-state index contributed by atoms with van der Waals surface area (Å²) in [4.78, 5) is 31.7. The number of aromatic amines is 1. The van der Waals surface area contributed by atoms with E-state index in [-0.39, 0.29) is 34.6 Å². The van der Waals surface area contributed by atoms with Crippen LogP contribution < -0.4 is 15.5 Å². The topological polar surface area (TPSA) is 123 Å². The Morgan fingerprint density at radius 2 is 1.72 bits per heavy atom. The first kappa shape index (κ1) is 32.2. The van der Waals surface area contributed by atoms with Gasteiger partial charge in [0.1, 0.15) is 22.6 Å². The molecular formula is C32H39F2N7O4S. The van der Waals surface area contributed by atoms with E-state index >= 15 is 0 Å². The van der Waals surface area contributed by atoms with Crippen LogP contribution in [0.15, 0.2) is 41.3 Å². The van der Waals surface area contributed by atoms with Crippen molar-refractivity contribution in [1.82, 2.24) is 19.4 Å². The predicted octanol–water partition coefficient (Wildman–Crippen LogP) is 3.87. The molecule has 14 heteroatoms. The van der Waals surface area contributed by atoms with Crippen LogP contribution >= 0.6 is 0 Å². The van der Waals surface area contributed by atoms with Crippen molar-refractivity contribution in [3.8, 4) is 0 Å². The molecule has 4 heterocycles. The van der Waals surface area contributed by atoms with Crippen LogP contribution in [-0.4, -0.2) is 88.4 Å². The summed E-state index contributed by atoms with van der Waals surface area (Å²) < 4.78 is 48.4. The van der Waals surface area contributed by atoms with E-state index in [2.05, 4.69) is 37.7 Å². The number of fused-ring (bicyclic) bond motifs is 1. The number of piperazine rings is 1.